The van der Waals surface area contributed by atoms with Gasteiger partial charge in [0, 0.05) is 0 Å². The predicted octanol–water partition coefficient (Wildman–Crippen LogP) is 1.65. The topological polar surface area (TPSA) is 158 Å². The van der Waals surface area contributed by atoms with E-state index in [0.717, 1.165) is 0 Å². The van der Waals surface area contributed by atoms with E-state index in [-0.39, 0.29) is 0 Å². The average Bonchev–Trinajstić information content (AvgIpc) is 2.50. The third-order valence-corrected chi connectivity index (χ3v) is 3.72. The number of hydrogen-bond donors (Lipinski definition) is 4. The molecular formula is C13H6F8O9. The van der Waals surface area contributed by atoms with Gasteiger partial charge >= 0.3 is 42.3 Å². The Balaban J connectivity index is 4.14. The zero-order valence-corrected chi connectivity index (χ0v) is 13.5. The van der Waals surface area contributed by atoms with Gasteiger partial charge in [0.25, 0.3) is 0 Å². The Morgan fingerprint density at radius 3 is 1.43 bits per heavy atom. The molecule has 9 nitrogen and oxygen atoms in total. The molecule has 1 aliphatic carbocycles. The van der Waals surface area contributed by atoms with Crippen LogP contribution >= 0.6 is 0 Å². The minimum atomic E-state index is -6.73. The van der Waals surface area contributed by atoms with E-state index in [0.29, 0.717) is 0 Å². The zero-order valence-electron chi connectivity index (χ0n) is 13.5. The van der Waals surface area contributed by atoms with Crippen molar-refractivity contribution < 1.29 is 79.5 Å². The van der Waals surface area contributed by atoms with Crippen LogP contribution < -0.4 is 0 Å². The Bertz CT molecular complexity index is 869. The number of hydrogen-bond acceptors (Lipinski definition) is 5. The maximum atomic E-state index is 13.4. The van der Waals surface area contributed by atoms with Crippen LogP contribution in [0.25, 0.3) is 0 Å². The van der Waals surface area contributed by atoms with E-state index < -0.39 is 76.7 Å². The molecule has 0 heterocycles. The van der Waals surface area contributed by atoms with Crippen LogP contribution in [0.4, 0.5) is 35.1 Å². The van der Waals surface area contributed by atoms with Gasteiger partial charge in [-0.25, -0.2) is 14.4 Å². The molecule has 2 atom stereocenters. The maximum absolute atomic E-state index is 13.4. The highest BCUT2D eigenvalue weighted by Gasteiger charge is 2.71. The first kappa shape index (κ1) is 24.8. The van der Waals surface area contributed by atoms with Crippen LogP contribution in [-0.4, -0.2) is 68.4 Å². The molecule has 0 bridgehead atoms. The molecule has 0 aromatic carbocycles. The van der Waals surface area contributed by atoms with E-state index in [2.05, 4.69) is 4.74 Å². The van der Waals surface area contributed by atoms with Gasteiger partial charge in [0.05, 0.1) is 11.1 Å². The minimum absolute atomic E-state index is 1.08. The molecule has 1 aliphatic rings. The van der Waals surface area contributed by atoms with Crippen LogP contribution in [0.15, 0.2) is 23.3 Å². The summed E-state index contributed by atoms with van der Waals surface area (Å²) in [6, 6.07) is 0. The summed E-state index contributed by atoms with van der Waals surface area (Å²) in [7, 11) is 0. The molecule has 1 rings (SSSR count). The fourth-order valence-corrected chi connectivity index (χ4v) is 2.35. The number of ether oxygens (including phenoxy) is 1. The van der Waals surface area contributed by atoms with Crippen molar-refractivity contribution in [1.29, 1.82) is 0 Å². The second kappa shape index (κ2) is 6.92. The number of alkyl halides is 8. The molecule has 0 aromatic heterocycles. The van der Waals surface area contributed by atoms with Crippen LogP contribution in [0.1, 0.15) is 0 Å². The number of aliphatic carboxylic acids is 4. The molecule has 0 aromatic rings. The summed E-state index contributed by atoms with van der Waals surface area (Å²) < 4.78 is 107. The Hall–Kier alpha value is -3.24. The second-order valence-electron chi connectivity index (χ2n) is 5.49. The SMILES string of the molecule is O=C(O)C1=CC(C(=O)O)(C(F)(F)F)C(C(=O)O)=CC1(OC(F)(F)C(F)(F)F)C(=O)O. The van der Waals surface area contributed by atoms with Gasteiger partial charge in [-0.3, -0.25) is 9.53 Å². The Morgan fingerprint density at radius 2 is 1.17 bits per heavy atom. The lowest BCUT2D eigenvalue weighted by Crippen LogP contribution is -2.58. The first-order chi connectivity index (χ1) is 13.2. The molecule has 17 heteroatoms. The van der Waals surface area contributed by atoms with Gasteiger partial charge in [0.15, 0.2) is 0 Å². The molecule has 0 aliphatic heterocycles. The standard InChI is InChI=1S/C13H6F8O9/c14-11(15,16)9(7(26)27)1-4(6(24)25)10(8(28)29,2-3(9)5(22)23)30-13(20,21)12(17,18)19/h1-2H,(H,22,23)(H,24,25)(H,26,27)(H,28,29). The molecule has 0 saturated heterocycles. The summed E-state index contributed by atoms with van der Waals surface area (Å²) in [5.41, 5.74) is -14.7. The highest BCUT2D eigenvalue weighted by Crippen LogP contribution is 2.53. The van der Waals surface area contributed by atoms with Gasteiger partial charge in [-0.05, 0) is 12.2 Å². The maximum Gasteiger partial charge on any atom is 0.483 e. The molecule has 0 radical (unpaired) electrons. The average molecular weight is 458 g/mol. The van der Waals surface area contributed by atoms with Crippen LogP contribution in [0.5, 0.6) is 0 Å². The third kappa shape index (κ3) is 3.55. The van der Waals surface area contributed by atoms with Crippen molar-refractivity contribution >= 4 is 23.9 Å². The van der Waals surface area contributed by atoms with Crippen LogP contribution in [-0.2, 0) is 23.9 Å². The summed E-state index contributed by atoms with van der Waals surface area (Å²) in [5, 5.41) is 35.9. The van der Waals surface area contributed by atoms with Gasteiger partial charge in [-0.15, -0.1) is 0 Å². The van der Waals surface area contributed by atoms with E-state index in [4.69, 9.17) is 20.4 Å². The lowest BCUT2D eigenvalue weighted by Gasteiger charge is -2.39. The summed E-state index contributed by atoms with van der Waals surface area (Å²) in [6.07, 6.45) is -21.7. The fourth-order valence-electron chi connectivity index (χ4n) is 2.35. The van der Waals surface area contributed by atoms with Crippen molar-refractivity contribution in [3.63, 3.8) is 0 Å². The van der Waals surface area contributed by atoms with E-state index in [9.17, 15) is 54.3 Å². The van der Waals surface area contributed by atoms with Crippen molar-refractivity contribution in [3.8, 4) is 0 Å². The number of carboxylic acids is 4. The van der Waals surface area contributed by atoms with Crippen molar-refractivity contribution in [1.82, 2.24) is 0 Å². The predicted molar refractivity (Wildman–Crippen MR) is 70.0 cm³/mol. The lowest BCUT2D eigenvalue weighted by molar-refractivity contribution is -0.405. The summed E-state index contributed by atoms with van der Waals surface area (Å²) in [6.45, 7) is 0. The monoisotopic (exact) mass is 458 g/mol. The van der Waals surface area contributed by atoms with E-state index in [1.54, 1.807) is 0 Å². The van der Waals surface area contributed by atoms with Crippen LogP contribution in [0.3, 0.4) is 0 Å². The molecular weight excluding hydrogens is 452 g/mol. The largest absolute Gasteiger partial charge is 0.483 e. The summed E-state index contributed by atoms with van der Waals surface area (Å²) in [5.74, 6) is -12.1. The van der Waals surface area contributed by atoms with Gasteiger partial charge in [-0.1, -0.05) is 0 Å². The van der Waals surface area contributed by atoms with Gasteiger partial charge < -0.3 is 20.4 Å². The highest BCUT2D eigenvalue weighted by molar-refractivity contribution is 6.07. The summed E-state index contributed by atoms with van der Waals surface area (Å²) in [4.78, 5) is 45.1. The van der Waals surface area contributed by atoms with Crippen LogP contribution in [0, 0.1) is 5.41 Å². The Labute approximate surface area is 157 Å². The first-order valence-electron chi connectivity index (χ1n) is 6.79. The molecule has 0 saturated carbocycles. The molecule has 30 heavy (non-hydrogen) atoms. The van der Waals surface area contributed by atoms with E-state index in [1.165, 1.54) is 0 Å². The number of carboxylic acid groups (broad SMARTS) is 4. The first-order valence-corrected chi connectivity index (χ1v) is 6.79. The van der Waals surface area contributed by atoms with Crippen LogP contribution in [0.2, 0.25) is 0 Å². The van der Waals surface area contributed by atoms with E-state index in [1.807, 2.05) is 0 Å². The second-order valence-corrected chi connectivity index (χ2v) is 5.49. The highest BCUT2D eigenvalue weighted by atomic mass is 19.4. The molecule has 4 N–H and O–H groups in total. The lowest BCUT2D eigenvalue weighted by atomic mass is 9.69. The van der Waals surface area contributed by atoms with Gasteiger partial charge in [0.2, 0.25) is 11.0 Å². The van der Waals surface area contributed by atoms with Crippen molar-refractivity contribution in [2.75, 3.05) is 0 Å². The van der Waals surface area contributed by atoms with Gasteiger partial charge in [-0.2, -0.15) is 35.1 Å². The zero-order chi connectivity index (χ0) is 24.1. The molecule has 168 valence electrons. The number of carbonyl (C=O) groups is 4. The fraction of sp³-hybridized carbons (Fsp3) is 0.385. The number of halogens is 8. The quantitative estimate of drug-likeness (QED) is 0.434. The molecule has 0 fully saturated rings. The summed E-state index contributed by atoms with van der Waals surface area (Å²) >= 11 is 0. The molecule has 2 unspecified atom stereocenters. The smallest absolute Gasteiger partial charge is 0.480 e. The molecule has 0 amide bonds. The Kier molecular flexibility index (Phi) is 5.72. The third-order valence-electron chi connectivity index (χ3n) is 3.72. The van der Waals surface area contributed by atoms with Crippen molar-refractivity contribution in [3.05, 3.63) is 23.3 Å². The van der Waals surface area contributed by atoms with E-state index >= 15 is 0 Å². The minimum Gasteiger partial charge on any atom is -0.480 e. The van der Waals surface area contributed by atoms with Crippen molar-refractivity contribution in [2.24, 2.45) is 5.41 Å². The molecule has 0 spiro atoms. The normalized spacial score (nSPS) is 25.2. The Morgan fingerprint density at radius 1 is 0.733 bits per heavy atom. The number of rotatable bonds is 6. The van der Waals surface area contributed by atoms with Crippen molar-refractivity contribution in [2.45, 2.75) is 24.1 Å². The van der Waals surface area contributed by atoms with Gasteiger partial charge in [0.1, 0.15) is 0 Å².